The molecular formula is C15H11N3OS. The molecule has 3 rings (SSSR count). The second kappa shape index (κ2) is 5.27. The number of aromatic amines is 1. The molecule has 1 aromatic heterocycles. The molecule has 0 fully saturated rings. The van der Waals surface area contributed by atoms with Gasteiger partial charge in [-0.2, -0.15) is 5.26 Å². The normalized spacial score (nSPS) is 10.6. The molecule has 0 spiro atoms. The number of fused-ring (bicyclic) bond motifs is 1. The first-order chi connectivity index (χ1) is 9.74. The van der Waals surface area contributed by atoms with Crippen molar-refractivity contribution in [3.63, 3.8) is 0 Å². The van der Waals surface area contributed by atoms with Crippen LogP contribution >= 0.6 is 11.8 Å². The molecule has 0 bridgehead atoms. The Labute approximate surface area is 120 Å². The molecule has 0 amide bonds. The summed E-state index contributed by atoms with van der Waals surface area (Å²) < 4.78 is 0. The first-order valence-electron chi connectivity index (χ1n) is 6.05. The van der Waals surface area contributed by atoms with Crippen LogP contribution in [0, 0.1) is 11.3 Å². The van der Waals surface area contributed by atoms with Crippen molar-refractivity contribution in [2.24, 2.45) is 0 Å². The molecule has 0 atom stereocenters. The summed E-state index contributed by atoms with van der Waals surface area (Å²) >= 11 is 1.59. The molecule has 0 saturated carbocycles. The highest BCUT2D eigenvalue weighted by molar-refractivity contribution is 7.98. The van der Waals surface area contributed by atoms with E-state index in [0.29, 0.717) is 5.56 Å². The number of hydrogen-bond donors (Lipinski definition) is 2. The number of rotatable bonds is 3. The Balaban J connectivity index is 1.74. The van der Waals surface area contributed by atoms with Crippen LogP contribution < -0.4 is 0 Å². The molecule has 0 aliphatic carbocycles. The topological polar surface area (TPSA) is 72.7 Å². The van der Waals surface area contributed by atoms with E-state index in [0.717, 1.165) is 27.5 Å². The van der Waals surface area contributed by atoms with Gasteiger partial charge >= 0.3 is 0 Å². The van der Waals surface area contributed by atoms with Gasteiger partial charge in [0.1, 0.15) is 5.75 Å². The number of aromatic hydroxyl groups is 1. The van der Waals surface area contributed by atoms with Crippen molar-refractivity contribution in [1.29, 1.82) is 5.26 Å². The van der Waals surface area contributed by atoms with E-state index >= 15 is 0 Å². The molecule has 0 aliphatic heterocycles. The van der Waals surface area contributed by atoms with Crippen molar-refractivity contribution in [3.05, 3.63) is 53.6 Å². The molecule has 0 radical (unpaired) electrons. The van der Waals surface area contributed by atoms with Gasteiger partial charge in [0.15, 0.2) is 5.16 Å². The Morgan fingerprint density at radius 2 is 2.00 bits per heavy atom. The van der Waals surface area contributed by atoms with Gasteiger partial charge in [-0.1, -0.05) is 23.9 Å². The summed E-state index contributed by atoms with van der Waals surface area (Å²) in [6.07, 6.45) is 0. The maximum Gasteiger partial charge on any atom is 0.166 e. The van der Waals surface area contributed by atoms with Crippen LogP contribution in [0.5, 0.6) is 5.75 Å². The van der Waals surface area contributed by atoms with Crippen LogP contribution in [-0.4, -0.2) is 15.1 Å². The molecule has 0 saturated heterocycles. The molecular weight excluding hydrogens is 270 g/mol. The molecule has 98 valence electrons. The highest BCUT2D eigenvalue weighted by atomic mass is 32.2. The molecule has 2 N–H and O–H groups in total. The van der Waals surface area contributed by atoms with Gasteiger partial charge in [-0.15, -0.1) is 0 Å². The third-order valence-electron chi connectivity index (χ3n) is 2.90. The molecule has 0 unspecified atom stereocenters. The van der Waals surface area contributed by atoms with Gasteiger partial charge < -0.3 is 10.1 Å². The maximum absolute atomic E-state index is 9.42. The highest BCUT2D eigenvalue weighted by Crippen LogP contribution is 2.25. The first-order valence-corrected chi connectivity index (χ1v) is 7.04. The van der Waals surface area contributed by atoms with Crippen LogP contribution in [0.4, 0.5) is 0 Å². The zero-order chi connectivity index (χ0) is 13.9. The Morgan fingerprint density at radius 3 is 2.75 bits per heavy atom. The summed E-state index contributed by atoms with van der Waals surface area (Å²) in [5, 5.41) is 19.0. The van der Waals surface area contributed by atoms with Gasteiger partial charge in [-0.3, -0.25) is 0 Å². The largest absolute Gasteiger partial charge is 0.508 e. The fourth-order valence-corrected chi connectivity index (χ4v) is 2.71. The quantitative estimate of drug-likeness (QED) is 0.721. The number of benzene rings is 2. The number of imidazole rings is 1. The van der Waals surface area contributed by atoms with Gasteiger partial charge in [0.05, 0.1) is 22.7 Å². The highest BCUT2D eigenvalue weighted by Gasteiger charge is 2.04. The Bertz CT molecular complexity index is 787. The second-order valence-corrected chi connectivity index (χ2v) is 5.30. The van der Waals surface area contributed by atoms with Crippen molar-refractivity contribution in [2.45, 2.75) is 10.9 Å². The second-order valence-electron chi connectivity index (χ2n) is 4.34. The van der Waals surface area contributed by atoms with E-state index in [1.54, 1.807) is 30.0 Å². The van der Waals surface area contributed by atoms with Gasteiger partial charge in [0.2, 0.25) is 0 Å². The Kier molecular flexibility index (Phi) is 3.32. The van der Waals surface area contributed by atoms with E-state index in [1.807, 2.05) is 24.3 Å². The minimum absolute atomic E-state index is 0.227. The molecule has 3 aromatic rings. The standard InChI is InChI=1S/C15H11N3OS/c16-8-10-1-3-11(4-2-10)9-20-15-17-13-6-5-12(19)7-14(13)18-15/h1-7,19H,9H2,(H,17,18). The number of H-pyrrole nitrogens is 1. The van der Waals surface area contributed by atoms with E-state index in [2.05, 4.69) is 16.0 Å². The van der Waals surface area contributed by atoms with E-state index in [4.69, 9.17) is 5.26 Å². The van der Waals surface area contributed by atoms with Crippen molar-refractivity contribution in [1.82, 2.24) is 9.97 Å². The van der Waals surface area contributed by atoms with E-state index in [9.17, 15) is 5.11 Å². The number of hydrogen-bond acceptors (Lipinski definition) is 4. The van der Waals surface area contributed by atoms with Crippen molar-refractivity contribution >= 4 is 22.8 Å². The van der Waals surface area contributed by atoms with Crippen LogP contribution in [-0.2, 0) is 5.75 Å². The number of phenolic OH excluding ortho intramolecular Hbond substituents is 1. The summed E-state index contributed by atoms with van der Waals surface area (Å²) in [5.74, 6) is 1.00. The Hall–Kier alpha value is -2.45. The predicted octanol–water partition coefficient (Wildman–Crippen LogP) is 3.43. The molecule has 0 aliphatic rings. The molecule has 1 heterocycles. The average molecular weight is 281 g/mol. The van der Waals surface area contributed by atoms with Crippen LogP contribution in [0.15, 0.2) is 47.6 Å². The first kappa shape index (κ1) is 12.6. The van der Waals surface area contributed by atoms with E-state index in [1.165, 1.54) is 0 Å². The van der Waals surface area contributed by atoms with Crippen LogP contribution in [0.2, 0.25) is 0 Å². The number of thioether (sulfide) groups is 1. The fraction of sp³-hybridized carbons (Fsp3) is 0.0667. The van der Waals surface area contributed by atoms with Crippen LogP contribution in [0.3, 0.4) is 0 Å². The average Bonchev–Trinajstić information content (AvgIpc) is 2.87. The van der Waals surface area contributed by atoms with Crippen molar-refractivity contribution in [2.75, 3.05) is 0 Å². The van der Waals surface area contributed by atoms with Crippen molar-refractivity contribution in [3.8, 4) is 11.8 Å². The third kappa shape index (κ3) is 2.60. The van der Waals surface area contributed by atoms with E-state index in [-0.39, 0.29) is 5.75 Å². The lowest BCUT2D eigenvalue weighted by Gasteiger charge is -1.98. The molecule has 2 aromatic carbocycles. The number of aromatic nitrogens is 2. The predicted molar refractivity (Wildman–Crippen MR) is 78.5 cm³/mol. The van der Waals surface area contributed by atoms with Crippen molar-refractivity contribution < 1.29 is 5.11 Å². The summed E-state index contributed by atoms with van der Waals surface area (Å²) in [6, 6.07) is 14.7. The monoisotopic (exact) mass is 281 g/mol. The molecule has 4 nitrogen and oxygen atoms in total. The minimum atomic E-state index is 0.227. The summed E-state index contributed by atoms with van der Waals surface area (Å²) in [7, 11) is 0. The Morgan fingerprint density at radius 1 is 1.20 bits per heavy atom. The summed E-state index contributed by atoms with van der Waals surface area (Å²) in [4.78, 5) is 7.62. The van der Waals surface area contributed by atoms with Gasteiger partial charge in [0.25, 0.3) is 0 Å². The number of nitrogens with one attached hydrogen (secondary N) is 1. The minimum Gasteiger partial charge on any atom is -0.508 e. The third-order valence-corrected chi connectivity index (χ3v) is 3.85. The maximum atomic E-state index is 9.42. The van der Waals surface area contributed by atoms with Gasteiger partial charge in [-0.25, -0.2) is 4.98 Å². The number of phenols is 1. The fourth-order valence-electron chi connectivity index (χ4n) is 1.87. The zero-order valence-electron chi connectivity index (χ0n) is 10.5. The molecule has 20 heavy (non-hydrogen) atoms. The lowest BCUT2D eigenvalue weighted by molar-refractivity contribution is 0.476. The number of nitrogens with zero attached hydrogens (tertiary/aromatic N) is 2. The zero-order valence-corrected chi connectivity index (χ0v) is 11.3. The summed E-state index contributed by atoms with van der Waals surface area (Å²) in [6.45, 7) is 0. The van der Waals surface area contributed by atoms with Gasteiger partial charge in [-0.05, 0) is 29.8 Å². The lowest BCUT2D eigenvalue weighted by atomic mass is 10.2. The van der Waals surface area contributed by atoms with Crippen LogP contribution in [0.1, 0.15) is 11.1 Å². The van der Waals surface area contributed by atoms with E-state index < -0.39 is 0 Å². The van der Waals surface area contributed by atoms with Gasteiger partial charge in [0, 0.05) is 11.8 Å². The number of nitriles is 1. The SMILES string of the molecule is N#Cc1ccc(CSc2nc3ccc(O)cc3[nH]2)cc1. The lowest BCUT2D eigenvalue weighted by Crippen LogP contribution is -1.82. The van der Waals surface area contributed by atoms with Crippen LogP contribution in [0.25, 0.3) is 11.0 Å². The molecule has 5 heteroatoms. The summed E-state index contributed by atoms with van der Waals surface area (Å²) in [5.41, 5.74) is 3.47. The smallest absolute Gasteiger partial charge is 0.166 e.